The van der Waals surface area contributed by atoms with Gasteiger partial charge in [-0.3, -0.25) is 0 Å². The van der Waals surface area contributed by atoms with Crippen molar-refractivity contribution in [1.29, 1.82) is 0 Å². The number of rotatable bonds is 3. The molecule has 1 aromatic carbocycles. The molecule has 1 heterocycles. The maximum absolute atomic E-state index is 5.46. The van der Waals surface area contributed by atoms with Gasteiger partial charge in [-0.1, -0.05) is 15.9 Å². The fourth-order valence-corrected chi connectivity index (χ4v) is 3.02. The van der Waals surface area contributed by atoms with Gasteiger partial charge in [-0.15, -0.1) is 0 Å². The van der Waals surface area contributed by atoms with Crippen LogP contribution >= 0.6 is 15.9 Å². The molecule has 2 nitrogen and oxygen atoms in total. The molecule has 1 atom stereocenters. The van der Waals surface area contributed by atoms with Gasteiger partial charge in [-0.2, -0.15) is 0 Å². The summed E-state index contributed by atoms with van der Waals surface area (Å²) in [7, 11) is 1.74. The highest BCUT2D eigenvalue weighted by atomic mass is 79.9. The maximum atomic E-state index is 5.46. The molecule has 1 saturated heterocycles. The second kappa shape index (κ2) is 5.19. The second-order valence-corrected chi connectivity index (χ2v) is 5.28. The number of aryl methyl sites for hydroxylation is 1. The van der Waals surface area contributed by atoms with Crippen LogP contribution in [0.5, 0.6) is 5.75 Å². The Morgan fingerprint density at radius 3 is 2.94 bits per heavy atom. The van der Waals surface area contributed by atoms with Crippen LogP contribution in [0.1, 0.15) is 24.0 Å². The van der Waals surface area contributed by atoms with Crippen molar-refractivity contribution in [3.63, 3.8) is 0 Å². The average molecular weight is 284 g/mol. The summed E-state index contributed by atoms with van der Waals surface area (Å²) in [5, 5.41) is 3.52. The van der Waals surface area contributed by atoms with Gasteiger partial charge in [0.2, 0.25) is 0 Å². The molecular weight excluding hydrogens is 266 g/mol. The number of benzene rings is 1. The normalized spacial score (nSPS) is 20.1. The minimum atomic E-state index is 0.605. The van der Waals surface area contributed by atoms with Gasteiger partial charge in [0, 0.05) is 16.1 Å². The predicted molar refractivity (Wildman–Crippen MR) is 70.2 cm³/mol. The largest absolute Gasteiger partial charge is 0.496 e. The minimum absolute atomic E-state index is 0.605. The average Bonchev–Trinajstić information content (AvgIpc) is 2.74. The van der Waals surface area contributed by atoms with Crippen LogP contribution in [-0.2, 0) is 6.42 Å². The zero-order valence-electron chi connectivity index (χ0n) is 9.85. The van der Waals surface area contributed by atoms with Gasteiger partial charge in [0.15, 0.2) is 0 Å². The highest BCUT2D eigenvalue weighted by Crippen LogP contribution is 2.30. The number of halogens is 1. The highest BCUT2D eigenvalue weighted by molar-refractivity contribution is 9.10. The van der Waals surface area contributed by atoms with Gasteiger partial charge in [-0.05, 0) is 50.4 Å². The van der Waals surface area contributed by atoms with E-state index in [1.54, 1.807) is 7.11 Å². The van der Waals surface area contributed by atoms with Crippen LogP contribution < -0.4 is 10.1 Å². The lowest BCUT2D eigenvalue weighted by molar-refractivity contribution is 0.406. The van der Waals surface area contributed by atoms with Crippen LogP contribution in [0.2, 0.25) is 0 Å². The molecule has 2 rings (SSSR count). The van der Waals surface area contributed by atoms with E-state index in [1.165, 1.54) is 24.0 Å². The molecule has 0 radical (unpaired) electrons. The first kappa shape index (κ1) is 11.9. The number of methoxy groups -OCH3 is 1. The van der Waals surface area contributed by atoms with Crippen molar-refractivity contribution in [2.45, 2.75) is 32.2 Å². The van der Waals surface area contributed by atoms with Crippen molar-refractivity contribution >= 4 is 15.9 Å². The molecule has 0 spiro atoms. The molecule has 1 aromatic rings. The third-order valence-corrected chi connectivity index (χ3v) is 3.84. The maximum Gasteiger partial charge on any atom is 0.123 e. The van der Waals surface area contributed by atoms with E-state index in [0.29, 0.717) is 6.04 Å². The fraction of sp³-hybridized carbons (Fsp3) is 0.538. The van der Waals surface area contributed by atoms with Crippen molar-refractivity contribution < 1.29 is 4.74 Å². The second-order valence-electron chi connectivity index (χ2n) is 4.42. The molecule has 88 valence electrons. The molecule has 1 N–H and O–H groups in total. The fourth-order valence-electron chi connectivity index (χ4n) is 2.30. The van der Waals surface area contributed by atoms with Crippen LogP contribution in [-0.4, -0.2) is 19.7 Å². The number of hydrogen-bond donors (Lipinski definition) is 1. The van der Waals surface area contributed by atoms with Gasteiger partial charge in [0.05, 0.1) is 7.11 Å². The summed E-state index contributed by atoms with van der Waals surface area (Å²) >= 11 is 3.64. The number of hydrogen-bond acceptors (Lipinski definition) is 2. The van der Waals surface area contributed by atoms with Crippen LogP contribution in [0.15, 0.2) is 16.6 Å². The first-order valence-electron chi connectivity index (χ1n) is 5.77. The van der Waals surface area contributed by atoms with E-state index in [2.05, 4.69) is 40.3 Å². The van der Waals surface area contributed by atoms with Crippen molar-refractivity contribution in [3.8, 4) is 5.75 Å². The smallest absolute Gasteiger partial charge is 0.123 e. The van der Waals surface area contributed by atoms with E-state index in [0.717, 1.165) is 23.2 Å². The summed E-state index contributed by atoms with van der Waals surface area (Å²) in [6.07, 6.45) is 3.60. The summed E-state index contributed by atoms with van der Waals surface area (Å²) in [6.45, 7) is 3.24. The van der Waals surface area contributed by atoms with Crippen LogP contribution in [0.25, 0.3) is 0 Å². The molecule has 1 unspecified atom stereocenters. The quantitative estimate of drug-likeness (QED) is 0.921. The number of ether oxygens (including phenoxy) is 1. The summed E-state index contributed by atoms with van der Waals surface area (Å²) in [6, 6.07) is 4.87. The van der Waals surface area contributed by atoms with E-state index < -0.39 is 0 Å². The summed E-state index contributed by atoms with van der Waals surface area (Å²) in [5.74, 6) is 1.00. The van der Waals surface area contributed by atoms with Gasteiger partial charge in [-0.25, -0.2) is 0 Å². The Hall–Kier alpha value is -0.540. The predicted octanol–water partition coefficient (Wildman–Crippen LogP) is 3.06. The highest BCUT2D eigenvalue weighted by Gasteiger charge is 2.18. The summed E-state index contributed by atoms with van der Waals surface area (Å²) < 4.78 is 6.62. The van der Waals surface area contributed by atoms with Crippen molar-refractivity contribution in [2.75, 3.05) is 13.7 Å². The molecule has 3 heteroatoms. The van der Waals surface area contributed by atoms with Gasteiger partial charge in [0.25, 0.3) is 0 Å². The van der Waals surface area contributed by atoms with Crippen molar-refractivity contribution in [3.05, 3.63) is 27.7 Å². The minimum Gasteiger partial charge on any atom is -0.496 e. The van der Waals surface area contributed by atoms with Crippen LogP contribution in [0.3, 0.4) is 0 Å². The molecule has 1 aliphatic rings. The van der Waals surface area contributed by atoms with Gasteiger partial charge < -0.3 is 10.1 Å². The Bertz CT molecular complexity index is 372. The Balaban J connectivity index is 2.23. The monoisotopic (exact) mass is 283 g/mol. The van der Waals surface area contributed by atoms with Gasteiger partial charge in [0.1, 0.15) is 5.75 Å². The first-order chi connectivity index (χ1) is 7.70. The third-order valence-electron chi connectivity index (χ3n) is 3.13. The Labute approximate surface area is 106 Å². The molecule has 0 amide bonds. The molecule has 1 aliphatic heterocycles. The topological polar surface area (TPSA) is 21.3 Å². The first-order valence-corrected chi connectivity index (χ1v) is 6.56. The molecule has 0 saturated carbocycles. The van der Waals surface area contributed by atoms with Crippen LogP contribution in [0, 0.1) is 6.92 Å². The lowest BCUT2D eigenvalue weighted by Gasteiger charge is -2.16. The molecule has 0 aliphatic carbocycles. The van der Waals surface area contributed by atoms with E-state index in [4.69, 9.17) is 4.74 Å². The lowest BCUT2D eigenvalue weighted by Crippen LogP contribution is -2.24. The van der Waals surface area contributed by atoms with Crippen molar-refractivity contribution in [1.82, 2.24) is 5.32 Å². The molecule has 0 aromatic heterocycles. The number of nitrogens with one attached hydrogen (secondary N) is 1. The zero-order valence-corrected chi connectivity index (χ0v) is 11.4. The standard InChI is InChI=1S/C13H18BrNO/c1-9-6-12(14)11(13(7-9)16-2)8-10-4-3-5-15-10/h6-7,10,15H,3-5,8H2,1-2H3. The van der Waals surface area contributed by atoms with Gasteiger partial charge >= 0.3 is 0 Å². The Kier molecular flexibility index (Phi) is 3.87. The van der Waals surface area contributed by atoms with Crippen molar-refractivity contribution in [2.24, 2.45) is 0 Å². The molecule has 16 heavy (non-hydrogen) atoms. The zero-order chi connectivity index (χ0) is 11.5. The molecule has 0 bridgehead atoms. The van der Waals surface area contributed by atoms with E-state index >= 15 is 0 Å². The Morgan fingerprint density at radius 1 is 1.50 bits per heavy atom. The third kappa shape index (κ3) is 2.58. The van der Waals surface area contributed by atoms with E-state index in [9.17, 15) is 0 Å². The van der Waals surface area contributed by atoms with E-state index in [1.807, 2.05) is 0 Å². The SMILES string of the molecule is COc1cc(C)cc(Br)c1CC1CCCN1. The Morgan fingerprint density at radius 2 is 2.31 bits per heavy atom. The van der Waals surface area contributed by atoms with Crippen LogP contribution in [0.4, 0.5) is 0 Å². The van der Waals surface area contributed by atoms with E-state index in [-0.39, 0.29) is 0 Å². The lowest BCUT2D eigenvalue weighted by atomic mass is 10.0. The molecular formula is C13H18BrNO. The summed E-state index contributed by atoms with van der Waals surface area (Å²) in [4.78, 5) is 0. The molecule has 1 fully saturated rings. The summed E-state index contributed by atoms with van der Waals surface area (Å²) in [5.41, 5.74) is 2.51.